The fourth-order valence-electron chi connectivity index (χ4n) is 5.93. The van der Waals surface area contributed by atoms with Crippen LogP contribution in [0.5, 0.6) is 11.5 Å². The van der Waals surface area contributed by atoms with Crippen LogP contribution < -0.4 is 4.74 Å². The molecular formula is C39H34N4OPt. The number of aryl methyl sites for hydroxylation is 3. The van der Waals surface area contributed by atoms with E-state index in [-0.39, 0.29) is 32.5 Å². The van der Waals surface area contributed by atoms with Crippen LogP contribution in [-0.4, -0.2) is 19.3 Å². The molecule has 226 valence electrons. The van der Waals surface area contributed by atoms with Gasteiger partial charge in [0.1, 0.15) is 5.82 Å². The molecule has 7 aromatic rings. The SMILES string of the molecule is [2H]C([2H])([2H])c1ccc2c(c1)c1ccc(Oc3[c-]c(-n4nc(C)c(-c5ccccc5)c4C)cc(C(C)C)c3)[c-]c1n2-c1cc(C)ccn1.[Pt+2]. The quantitative estimate of drug-likeness (QED) is 0.158. The van der Waals surface area contributed by atoms with Crippen molar-refractivity contribution in [2.45, 2.75) is 47.4 Å². The van der Waals surface area contributed by atoms with Gasteiger partial charge in [0.25, 0.3) is 0 Å². The minimum Gasteiger partial charge on any atom is -0.509 e. The second-order valence-corrected chi connectivity index (χ2v) is 11.6. The summed E-state index contributed by atoms with van der Waals surface area (Å²) < 4.78 is 34.4. The number of benzene rings is 4. The summed E-state index contributed by atoms with van der Waals surface area (Å²) in [5, 5.41) is 6.59. The zero-order valence-corrected chi connectivity index (χ0v) is 28.0. The number of hydrogen-bond acceptors (Lipinski definition) is 3. The van der Waals surface area contributed by atoms with Crippen LogP contribution in [0.15, 0.2) is 91.1 Å². The van der Waals surface area contributed by atoms with Crippen LogP contribution in [0.3, 0.4) is 0 Å². The van der Waals surface area contributed by atoms with E-state index in [0.717, 1.165) is 67.0 Å². The number of aromatic nitrogens is 4. The summed E-state index contributed by atoms with van der Waals surface area (Å²) in [7, 11) is 0. The van der Waals surface area contributed by atoms with Gasteiger partial charge >= 0.3 is 21.1 Å². The van der Waals surface area contributed by atoms with Crippen molar-refractivity contribution in [3.8, 4) is 34.1 Å². The van der Waals surface area contributed by atoms with E-state index in [1.807, 2.05) is 77.7 Å². The molecule has 0 N–H and O–H groups in total. The number of fused-ring (bicyclic) bond motifs is 3. The average Bonchev–Trinajstić information content (AvgIpc) is 3.53. The van der Waals surface area contributed by atoms with Gasteiger partial charge in [0, 0.05) is 38.6 Å². The van der Waals surface area contributed by atoms with E-state index in [4.69, 9.17) is 13.9 Å². The molecule has 3 aromatic heterocycles. The third-order valence-corrected chi connectivity index (χ3v) is 8.10. The fourth-order valence-corrected chi connectivity index (χ4v) is 5.93. The Balaban J connectivity index is 0.00000401. The summed E-state index contributed by atoms with van der Waals surface area (Å²) in [6.07, 6.45) is 1.77. The fraction of sp³-hybridized carbons (Fsp3) is 0.179. The van der Waals surface area contributed by atoms with Crippen molar-refractivity contribution in [2.75, 3.05) is 0 Å². The second-order valence-electron chi connectivity index (χ2n) is 11.6. The largest absolute Gasteiger partial charge is 2.00 e. The standard InChI is InChI=1S/C39H34N4O.Pt/c1-24(2)30-20-31(43-28(6)39(27(5)41-43)29-10-8-7-9-11-29)22-33(21-30)44-32-13-14-34-35-18-25(3)12-15-36(35)42(37(34)23-32)38-19-26(4)16-17-40-38;/h7-21,24H,1-6H3;/q-2;+2/i3D3;. The van der Waals surface area contributed by atoms with Crippen LogP contribution in [0.4, 0.5) is 0 Å². The molecule has 5 nitrogen and oxygen atoms in total. The molecule has 0 aliphatic carbocycles. The first kappa shape index (κ1) is 26.9. The maximum atomic E-state index is 7.99. The molecule has 0 atom stereocenters. The summed E-state index contributed by atoms with van der Waals surface area (Å²) in [5.41, 5.74) is 9.02. The van der Waals surface area contributed by atoms with Crippen molar-refractivity contribution in [2.24, 2.45) is 0 Å². The summed E-state index contributed by atoms with van der Waals surface area (Å²) in [6.45, 7) is 8.21. The van der Waals surface area contributed by atoms with Crippen molar-refractivity contribution < 1.29 is 29.9 Å². The Morgan fingerprint density at radius 1 is 0.822 bits per heavy atom. The third-order valence-electron chi connectivity index (χ3n) is 8.10. The first-order valence-corrected chi connectivity index (χ1v) is 14.8. The molecule has 3 heterocycles. The minimum absolute atomic E-state index is 0. The van der Waals surface area contributed by atoms with Crippen LogP contribution in [-0.2, 0) is 21.1 Å². The Hall–Kier alpha value is -4.47. The molecule has 0 saturated heterocycles. The number of nitrogens with zero attached hydrogens (tertiary/aromatic N) is 4. The molecular weight excluding hydrogens is 736 g/mol. The zero-order valence-electron chi connectivity index (χ0n) is 28.8. The molecule has 0 saturated carbocycles. The number of ether oxygens (including phenoxy) is 1. The van der Waals surface area contributed by atoms with Gasteiger partial charge in [0.2, 0.25) is 0 Å². The van der Waals surface area contributed by atoms with Crippen molar-refractivity contribution in [3.05, 3.63) is 131 Å². The Bertz CT molecular complexity index is 2290. The molecule has 0 amide bonds. The predicted octanol–water partition coefficient (Wildman–Crippen LogP) is 9.78. The average molecular weight is 773 g/mol. The molecule has 0 bridgehead atoms. The smallest absolute Gasteiger partial charge is 0.509 e. The molecule has 0 aliphatic rings. The van der Waals surface area contributed by atoms with Gasteiger partial charge in [0.05, 0.1) is 5.69 Å². The maximum absolute atomic E-state index is 7.99. The van der Waals surface area contributed by atoms with E-state index in [9.17, 15) is 0 Å². The first-order chi connectivity index (χ1) is 22.5. The van der Waals surface area contributed by atoms with E-state index in [0.29, 0.717) is 11.5 Å². The van der Waals surface area contributed by atoms with Gasteiger partial charge in [-0.25, -0.2) is 4.98 Å². The van der Waals surface area contributed by atoms with E-state index in [2.05, 4.69) is 56.1 Å². The van der Waals surface area contributed by atoms with Gasteiger partial charge in [-0.2, -0.15) is 11.2 Å². The summed E-state index contributed by atoms with van der Waals surface area (Å²) in [6, 6.07) is 34.4. The summed E-state index contributed by atoms with van der Waals surface area (Å²) in [5.74, 6) is 2.02. The van der Waals surface area contributed by atoms with E-state index in [1.165, 1.54) is 0 Å². The Kier molecular flexibility index (Phi) is 7.25. The van der Waals surface area contributed by atoms with Crippen molar-refractivity contribution >= 4 is 21.8 Å². The first-order valence-electron chi connectivity index (χ1n) is 16.3. The van der Waals surface area contributed by atoms with Crippen LogP contribution in [0.25, 0.3) is 44.4 Å². The molecule has 4 aromatic carbocycles. The van der Waals surface area contributed by atoms with Crippen LogP contribution in [0, 0.1) is 39.8 Å². The number of hydrogen-bond donors (Lipinski definition) is 0. The van der Waals surface area contributed by atoms with Crippen LogP contribution in [0.2, 0.25) is 0 Å². The molecule has 0 aliphatic heterocycles. The Morgan fingerprint density at radius 3 is 2.40 bits per heavy atom. The molecule has 0 spiro atoms. The number of rotatable bonds is 6. The molecule has 6 heteroatoms. The zero-order chi connectivity index (χ0) is 33.0. The molecule has 0 unspecified atom stereocenters. The van der Waals surface area contributed by atoms with Crippen molar-refractivity contribution in [1.82, 2.24) is 19.3 Å². The minimum atomic E-state index is -2.22. The van der Waals surface area contributed by atoms with Crippen molar-refractivity contribution in [1.29, 1.82) is 0 Å². The number of pyridine rings is 1. The molecule has 0 radical (unpaired) electrons. The normalized spacial score (nSPS) is 12.6. The Labute approximate surface area is 283 Å². The topological polar surface area (TPSA) is 44.9 Å². The molecule has 7 rings (SSSR count). The van der Waals surface area contributed by atoms with Gasteiger partial charge in [-0.3, -0.25) is 4.68 Å². The second kappa shape index (κ2) is 12.1. The van der Waals surface area contributed by atoms with Gasteiger partial charge in [-0.05, 0) is 73.9 Å². The molecule has 45 heavy (non-hydrogen) atoms. The van der Waals surface area contributed by atoms with Gasteiger partial charge in [0.15, 0.2) is 0 Å². The third kappa shape index (κ3) is 5.62. The Morgan fingerprint density at radius 2 is 1.64 bits per heavy atom. The van der Waals surface area contributed by atoms with E-state index >= 15 is 0 Å². The van der Waals surface area contributed by atoms with E-state index in [1.54, 1.807) is 18.3 Å². The predicted molar refractivity (Wildman–Crippen MR) is 178 cm³/mol. The van der Waals surface area contributed by atoms with Crippen molar-refractivity contribution in [3.63, 3.8) is 0 Å². The summed E-state index contributed by atoms with van der Waals surface area (Å²) >= 11 is 0. The van der Waals surface area contributed by atoms with Crippen LogP contribution in [0.1, 0.15) is 52.0 Å². The summed E-state index contributed by atoms with van der Waals surface area (Å²) in [4.78, 5) is 4.66. The van der Waals surface area contributed by atoms with Gasteiger partial charge in [-0.1, -0.05) is 67.4 Å². The maximum Gasteiger partial charge on any atom is 2.00 e. The van der Waals surface area contributed by atoms with Gasteiger partial charge in [-0.15, -0.1) is 41.3 Å². The monoisotopic (exact) mass is 772 g/mol. The van der Waals surface area contributed by atoms with E-state index < -0.39 is 6.85 Å². The van der Waals surface area contributed by atoms with Crippen LogP contribution >= 0.6 is 0 Å². The van der Waals surface area contributed by atoms with Gasteiger partial charge < -0.3 is 9.30 Å². The molecule has 0 fully saturated rings.